The Kier molecular flexibility index (Phi) is 8.52. The van der Waals surface area contributed by atoms with Crippen LogP contribution >= 0.6 is 27.7 Å². The van der Waals surface area contributed by atoms with Gasteiger partial charge in [0.2, 0.25) is 0 Å². The second kappa shape index (κ2) is 8.34. The van der Waals surface area contributed by atoms with Gasteiger partial charge in [-0.1, -0.05) is 39.8 Å². The number of thioether (sulfide) groups is 1. The van der Waals surface area contributed by atoms with E-state index in [1.165, 1.54) is 11.8 Å². The third-order valence-corrected chi connectivity index (χ3v) is 2.34. The highest BCUT2D eigenvalue weighted by molar-refractivity contribution is 9.09. The van der Waals surface area contributed by atoms with Crippen molar-refractivity contribution in [1.82, 2.24) is 0 Å². The zero-order valence-electron chi connectivity index (χ0n) is 6.68. The van der Waals surface area contributed by atoms with Crippen LogP contribution in [0.1, 0.15) is 19.8 Å². The maximum Gasteiger partial charge on any atom is 0.185 e. The van der Waals surface area contributed by atoms with Crippen LogP contribution in [0.25, 0.3) is 0 Å². The van der Waals surface area contributed by atoms with E-state index in [1.807, 2.05) is 0 Å². The Hall–Kier alpha value is 0.240. The molecule has 3 heteroatoms. The van der Waals surface area contributed by atoms with Gasteiger partial charge in [-0.2, -0.15) is 0 Å². The molecule has 64 valence electrons. The quantitative estimate of drug-likeness (QED) is 0.415. The highest BCUT2D eigenvalue weighted by Gasteiger charge is 1.89. The lowest BCUT2D eigenvalue weighted by molar-refractivity contribution is -0.109. The van der Waals surface area contributed by atoms with Crippen LogP contribution in [-0.2, 0) is 4.79 Å². The molecule has 11 heavy (non-hydrogen) atoms. The lowest BCUT2D eigenvalue weighted by Gasteiger charge is -1.90. The van der Waals surface area contributed by atoms with Crippen molar-refractivity contribution in [1.29, 1.82) is 0 Å². The summed E-state index contributed by atoms with van der Waals surface area (Å²) in [4.78, 5) is 10.5. The Balaban J connectivity index is 3.07. The molecule has 0 aliphatic carbocycles. The first-order valence-electron chi connectivity index (χ1n) is 3.61. The summed E-state index contributed by atoms with van der Waals surface area (Å²) >= 11 is 4.72. The van der Waals surface area contributed by atoms with E-state index in [2.05, 4.69) is 28.1 Å². The summed E-state index contributed by atoms with van der Waals surface area (Å²) in [7, 11) is 0. The van der Waals surface area contributed by atoms with Crippen molar-refractivity contribution in [3.8, 4) is 0 Å². The van der Waals surface area contributed by atoms with Crippen LogP contribution in [0.2, 0.25) is 0 Å². The summed E-state index contributed by atoms with van der Waals surface area (Å²) in [5.74, 6) is 0.911. The SMILES string of the molecule is CC(=O)SCC/C=C/CCBr. The monoisotopic (exact) mass is 236 g/mol. The summed E-state index contributed by atoms with van der Waals surface area (Å²) in [6, 6.07) is 0. The van der Waals surface area contributed by atoms with Crippen LogP contribution in [0.5, 0.6) is 0 Å². The summed E-state index contributed by atoms with van der Waals surface area (Å²) < 4.78 is 0. The molecule has 0 saturated heterocycles. The predicted octanol–water partition coefficient (Wildman–Crippen LogP) is 3.00. The molecule has 0 saturated carbocycles. The fraction of sp³-hybridized carbons (Fsp3) is 0.625. The normalized spacial score (nSPS) is 10.7. The first kappa shape index (κ1) is 11.2. The largest absolute Gasteiger partial charge is 0.288 e. The highest BCUT2D eigenvalue weighted by atomic mass is 79.9. The maximum absolute atomic E-state index is 10.5. The highest BCUT2D eigenvalue weighted by Crippen LogP contribution is 2.03. The molecular weight excluding hydrogens is 224 g/mol. The third kappa shape index (κ3) is 10.2. The zero-order chi connectivity index (χ0) is 8.53. The van der Waals surface area contributed by atoms with Gasteiger partial charge < -0.3 is 0 Å². The third-order valence-electron chi connectivity index (χ3n) is 1.03. The number of hydrogen-bond donors (Lipinski definition) is 0. The van der Waals surface area contributed by atoms with Gasteiger partial charge in [-0.15, -0.1) is 0 Å². The molecule has 0 unspecified atom stereocenters. The van der Waals surface area contributed by atoms with Crippen molar-refractivity contribution in [2.45, 2.75) is 19.8 Å². The van der Waals surface area contributed by atoms with E-state index in [1.54, 1.807) is 6.92 Å². The topological polar surface area (TPSA) is 17.1 Å². The number of rotatable bonds is 5. The lowest BCUT2D eigenvalue weighted by Crippen LogP contribution is -1.83. The number of halogens is 1. The van der Waals surface area contributed by atoms with Gasteiger partial charge in [0.25, 0.3) is 0 Å². The second-order valence-corrected chi connectivity index (χ2v) is 4.14. The number of hydrogen-bond acceptors (Lipinski definition) is 2. The molecule has 0 aromatic heterocycles. The number of allylic oxidation sites excluding steroid dienone is 2. The van der Waals surface area contributed by atoms with Crippen LogP contribution in [0.15, 0.2) is 12.2 Å². The van der Waals surface area contributed by atoms with Crippen LogP contribution in [0.3, 0.4) is 0 Å². The van der Waals surface area contributed by atoms with Gasteiger partial charge in [0.1, 0.15) is 0 Å². The molecule has 0 radical (unpaired) electrons. The van der Waals surface area contributed by atoms with E-state index in [9.17, 15) is 4.79 Å². The zero-order valence-corrected chi connectivity index (χ0v) is 9.08. The number of alkyl halides is 1. The summed E-state index contributed by atoms with van der Waals surface area (Å²) in [6.07, 6.45) is 6.33. The van der Waals surface area contributed by atoms with Crippen molar-refractivity contribution < 1.29 is 4.79 Å². The number of carbonyl (C=O) groups excluding carboxylic acids is 1. The minimum Gasteiger partial charge on any atom is -0.288 e. The van der Waals surface area contributed by atoms with Gasteiger partial charge in [-0.05, 0) is 12.8 Å². The van der Waals surface area contributed by atoms with E-state index in [0.29, 0.717) is 0 Å². The van der Waals surface area contributed by atoms with Crippen molar-refractivity contribution in [2.75, 3.05) is 11.1 Å². The van der Waals surface area contributed by atoms with Gasteiger partial charge in [0, 0.05) is 18.0 Å². The van der Waals surface area contributed by atoms with Crippen LogP contribution in [-0.4, -0.2) is 16.2 Å². The molecule has 0 rings (SSSR count). The Labute approximate surface area is 80.8 Å². The van der Waals surface area contributed by atoms with Crippen molar-refractivity contribution in [3.05, 3.63) is 12.2 Å². The minimum atomic E-state index is 0.207. The standard InChI is InChI=1S/C8H13BrOS/c1-8(10)11-7-5-3-2-4-6-9/h2-3H,4-7H2,1H3/b3-2+. The van der Waals surface area contributed by atoms with Gasteiger partial charge in [0.15, 0.2) is 5.12 Å². The van der Waals surface area contributed by atoms with Crippen LogP contribution in [0, 0.1) is 0 Å². The molecule has 0 heterocycles. The van der Waals surface area contributed by atoms with E-state index in [-0.39, 0.29) is 5.12 Å². The maximum atomic E-state index is 10.5. The summed E-state index contributed by atoms with van der Waals surface area (Å²) in [5.41, 5.74) is 0. The first-order chi connectivity index (χ1) is 5.27. The van der Waals surface area contributed by atoms with Gasteiger partial charge in [-0.3, -0.25) is 4.79 Å². The second-order valence-electron chi connectivity index (χ2n) is 2.08. The van der Waals surface area contributed by atoms with Crippen LogP contribution in [0.4, 0.5) is 0 Å². The molecule has 0 bridgehead atoms. The van der Waals surface area contributed by atoms with Gasteiger partial charge >= 0.3 is 0 Å². The Morgan fingerprint density at radius 1 is 1.45 bits per heavy atom. The molecular formula is C8H13BrOS. The molecule has 0 amide bonds. The average molecular weight is 237 g/mol. The number of carbonyl (C=O) groups is 1. The molecule has 0 aromatic carbocycles. The van der Waals surface area contributed by atoms with Gasteiger partial charge in [-0.25, -0.2) is 0 Å². The molecule has 0 aromatic rings. The molecule has 1 nitrogen and oxygen atoms in total. The van der Waals surface area contributed by atoms with E-state index >= 15 is 0 Å². The Morgan fingerprint density at radius 3 is 2.64 bits per heavy atom. The first-order valence-corrected chi connectivity index (χ1v) is 5.72. The molecule has 0 N–H and O–H groups in total. The smallest absolute Gasteiger partial charge is 0.185 e. The molecule has 0 aliphatic rings. The van der Waals surface area contributed by atoms with E-state index in [0.717, 1.165) is 23.9 Å². The van der Waals surface area contributed by atoms with E-state index < -0.39 is 0 Å². The van der Waals surface area contributed by atoms with Crippen molar-refractivity contribution in [3.63, 3.8) is 0 Å². The van der Waals surface area contributed by atoms with Gasteiger partial charge in [0.05, 0.1) is 0 Å². The van der Waals surface area contributed by atoms with E-state index in [4.69, 9.17) is 0 Å². The minimum absolute atomic E-state index is 0.207. The average Bonchev–Trinajstić information content (AvgIpc) is 1.96. The Morgan fingerprint density at radius 2 is 2.09 bits per heavy atom. The van der Waals surface area contributed by atoms with Crippen LogP contribution < -0.4 is 0 Å². The molecule has 0 fully saturated rings. The molecule has 0 atom stereocenters. The fourth-order valence-electron chi connectivity index (χ4n) is 0.569. The molecule has 0 spiro atoms. The Bertz CT molecular complexity index is 134. The lowest BCUT2D eigenvalue weighted by atomic mass is 10.4. The predicted molar refractivity (Wildman–Crippen MR) is 55.3 cm³/mol. The molecule has 0 aliphatic heterocycles. The van der Waals surface area contributed by atoms with Crippen molar-refractivity contribution >= 4 is 32.8 Å². The fourth-order valence-corrected chi connectivity index (χ4v) is 1.38. The van der Waals surface area contributed by atoms with Crippen molar-refractivity contribution in [2.24, 2.45) is 0 Å². The summed E-state index contributed by atoms with van der Waals surface area (Å²) in [5, 5.41) is 1.22. The summed E-state index contributed by atoms with van der Waals surface area (Å²) in [6.45, 7) is 1.60.